The number of halogens is 1. The molecule has 1 aliphatic heterocycles. The largest absolute Gasteiger partial charge is 0.387 e. The van der Waals surface area contributed by atoms with Gasteiger partial charge in [0, 0.05) is 32.6 Å². The van der Waals surface area contributed by atoms with E-state index in [1.807, 2.05) is 29.2 Å². The highest BCUT2D eigenvalue weighted by atomic mass is 19.1. The number of nitrogens with zero attached hydrogens (tertiary/aromatic N) is 1. The third kappa shape index (κ3) is 5.53. The van der Waals surface area contributed by atoms with Gasteiger partial charge in [0.25, 0.3) is 0 Å². The van der Waals surface area contributed by atoms with E-state index in [-0.39, 0.29) is 12.5 Å². The Kier molecular flexibility index (Phi) is 6.60. The lowest BCUT2D eigenvalue weighted by Gasteiger charge is -2.16. The van der Waals surface area contributed by atoms with Crippen LogP contribution in [0.1, 0.15) is 35.6 Å². The van der Waals surface area contributed by atoms with Crippen LogP contribution in [0, 0.1) is 5.82 Å². The summed E-state index contributed by atoms with van der Waals surface area (Å²) in [5.41, 5.74) is 2.39. The minimum Gasteiger partial charge on any atom is -0.387 e. The van der Waals surface area contributed by atoms with Crippen molar-refractivity contribution in [2.45, 2.75) is 32.0 Å². The van der Waals surface area contributed by atoms with Crippen molar-refractivity contribution in [1.82, 2.24) is 15.5 Å². The van der Waals surface area contributed by atoms with Crippen LogP contribution in [0.2, 0.25) is 0 Å². The minimum atomic E-state index is -0.978. The Hall–Kier alpha value is -2.93. The van der Waals surface area contributed by atoms with Crippen molar-refractivity contribution in [3.8, 4) is 0 Å². The second-order valence-electron chi connectivity index (χ2n) is 6.87. The van der Waals surface area contributed by atoms with E-state index in [1.165, 1.54) is 18.2 Å². The molecule has 3 amide bonds. The molecule has 0 aliphatic carbocycles. The van der Waals surface area contributed by atoms with Crippen LogP contribution in [0.25, 0.3) is 0 Å². The van der Waals surface area contributed by atoms with Gasteiger partial charge in [-0.15, -0.1) is 0 Å². The van der Waals surface area contributed by atoms with Gasteiger partial charge in [0.2, 0.25) is 5.91 Å². The van der Waals surface area contributed by atoms with E-state index >= 15 is 0 Å². The Balaban J connectivity index is 1.41. The highest BCUT2D eigenvalue weighted by Gasteiger charge is 2.19. The van der Waals surface area contributed by atoms with Gasteiger partial charge < -0.3 is 20.6 Å². The third-order valence-electron chi connectivity index (χ3n) is 4.71. The van der Waals surface area contributed by atoms with Gasteiger partial charge in [-0.25, -0.2) is 9.18 Å². The lowest BCUT2D eigenvalue weighted by Crippen LogP contribution is -2.37. The molecule has 0 bridgehead atoms. The van der Waals surface area contributed by atoms with Gasteiger partial charge >= 0.3 is 6.03 Å². The van der Waals surface area contributed by atoms with Crippen LogP contribution in [0.4, 0.5) is 9.18 Å². The first kappa shape index (κ1) is 19.8. The first-order chi connectivity index (χ1) is 13.5. The van der Waals surface area contributed by atoms with Crippen molar-refractivity contribution in [2.24, 2.45) is 0 Å². The molecule has 0 aromatic heterocycles. The van der Waals surface area contributed by atoms with Gasteiger partial charge in [-0.2, -0.15) is 0 Å². The van der Waals surface area contributed by atoms with Crippen molar-refractivity contribution in [2.75, 3.05) is 13.1 Å². The first-order valence-electron chi connectivity index (χ1n) is 9.32. The van der Waals surface area contributed by atoms with E-state index in [0.29, 0.717) is 25.1 Å². The molecule has 7 heteroatoms. The highest BCUT2D eigenvalue weighted by molar-refractivity contribution is 5.78. The standard InChI is InChI=1S/C21H24FN3O3/c22-18-4-1-3-17(11-18)19(26)13-24-21(28)23-12-15-6-8-16(9-7-15)14-25-10-2-5-20(25)27/h1,3-4,6-9,11,19,26H,2,5,10,12-14H2,(H2,23,24,28). The molecule has 1 saturated heterocycles. The lowest BCUT2D eigenvalue weighted by atomic mass is 10.1. The van der Waals surface area contributed by atoms with Crippen LogP contribution in [-0.2, 0) is 17.9 Å². The van der Waals surface area contributed by atoms with Crippen LogP contribution in [-0.4, -0.2) is 35.0 Å². The average molecular weight is 385 g/mol. The summed E-state index contributed by atoms with van der Waals surface area (Å²) in [6.07, 6.45) is 0.573. The zero-order chi connectivity index (χ0) is 19.9. The van der Waals surface area contributed by atoms with Crippen LogP contribution in [0.3, 0.4) is 0 Å². The molecule has 2 aromatic rings. The fourth-order valence-corrected chi connectivity index (χ4v) is 3.12. The Morgan fingerprint density at radius 1 is 1.14 bits per heavy atom. The fourth-order valence-electron chi connectivity index (χ4n) is 3.12. The molecular formula is C21H24FN3O3. The Bertz CT molecular complexity index is 826. The number of nitrogens with one attached hydrogen (secondary N) is 2. The van der Waals surface area contributed by atoms with Gasteiger partial charge in [0.05, 0.1) is 6.10 Å². The Labute approximate surface area is 163 Å². The monoisotopic (exact) mass is 385 g/mol. The van der Waals surface area contributed by atoms with Gasteiger partial charge in [-0.1, -0.05) is 36.4 Å². The normalized spacial score (nSPS) is 14.8. The predicted octanol–water partition coefficient (Wildman–Crippen LogP) is 2.48. The molecule has 1 fully saturated rings. The van der Waals surface area contributed by atoms with Crippen LogP contribution in [0.15, 0.2) is 48.5 Å². The molecule has 3 rings (SSSR count). The first-order valence-corrected chi connectivity index (χ1v) is 9.32. The molecule has 148 valence electrons. The van der Waals surface area contributed by atoms with Crippen molar-refractivity contribution in [3.63, 3.8) is 0 Å². The minimum absolute atomic E-state index is 0.0158. The second kappa shape index (κ2) is 9.32. The lowest BCUT2D eigenvalue weighted by molar-refractivity contribution is -0.128. The molecule has 0 spiro atoms. The number of hydrogen-bond donors (Lipinski definition) is 3. The number of aliphatic hydroxyl groups is 1. The number of rotatable bonds is 7. The van der Waals surface area contributed by atoms with Gasteiger partial charge in [-0.05, 0) is 35.2 Å². The molecule has 0 saturated carbocycles. The number of aliphatic hydroxyl groups excluding tert-OH is 1. The van der Waals surface area contributed by atoms with Crippen LogP contribution >= 0.6 is 0 Å². The Morgan fingerprint density at radius 3 is 2.57 bits per heavy atom. The smallest absolute Gasteiger partial charge is 0.315 e. The summed E-state index contributed by atoms with van der Waals surface area (Å²) in [6.45, 7) is 1.75. The summed E-state index contributed by atoms with van der Waals surface area (Å²) in [7, 11) is 0. The molecule has 1 heterocycles. The molecular weight excluding hydrogens is 361 g/mol. The number of hydrogen-bond acceptors (Lipinski definition) is 3. The summed E-state index contributed by atoms with van der Waals surface area (Å²) in [4.78, 5) is 25.4. The maximum Gasteiger partial charge on any atom is 0.315 e. The van der Waals surface area contributed by atoms with E-state index in [4.69, 9.17) is 0 Å². The van der Waals surface area contributed by atoms with Gasteiger partial charge in [0.1, 0.15) is 5.82 Å². The molecule has 6 nitrogen and oxygen atoms in total. The number of amides is 3. The SMILES string of the molecule is O=C(NCc1ccc(CN2CCCC2=O)cc1)NCC(O)c1cccc(F)c1. The van der Waals surface area contributed by atoms with Crippen LogP contribution < -0.4 is 10.6 Å². The maximum absolute atomic E-state index is 13.2. The zero-order valence-electron chi connectivity index (χ0n) is 15.5. The van der Waals surface area contributed by atoms with Gasteiger partial charge in [0.15, 0.2) is 0 Å². The number of carbonyl (C=O) groups excluding carboxylic acids is 2. The molecule has 28 heavy (non-hydrogen) atoms. The molecule has 1 atom stereocenters. The van der Waals surface area contributed by atoms with Crippen LogP contribution in [0.5, 0.6) is 0 Å². The molecule has 2 aromatic carbocycles. The number of likely N-dealkylation sites (tertiary alicyclic amines) is 1. The summed E-state index contributed by atoms with van der Waals surface area (Å²) >= 11 is 0. The average Bonchev–Trinajstić information content (AvgIpc) is 3.10. The summed E-state index contributed by atoms with van der Waals surface area (Å²) < 4.78 is 13.2. The summed E-state index contributed by atoms with van der Waals surface area (Å²) in [5, 5.41) is 15.3. The van der Waals surface area contributed by atoms with Crippen molar-refractivity contribution in [3.05, 3.63) is 71.0 Å². The van der Waals surface area contributed by atoms with E-state index in [9.17, 15) is 19.1 Å². The van der Waals surface area contributed by atoms with Crippen molar-refractivity contribution >= 4 is 11.9 Å². The molecule has 0 radical (unpaired) electrons. The molecule has 3 N–H and O–H groups in total. The zero-order valence-corrected chi connectivity index (χ0v) is 15.5. The topological polar surface area (TPSA) is 81.7 Å². The fraction of sp³-hybridized carbons (Fsp3) is 0.333. The Morgan fingerprint density at radius 2 is 1.89 bits per heavy atom. The second-order valence-corrected chi connectivity index (χ2v) is 6.87. The molecule has 1 aliphatic rings. The summed E-state index contributed by atoms with van der Waals surface area (Å²) in [6, 6.07) is 13.0. The van der Waals surface area contributed by atoms with E-state index in [0.717, 1.165) is 24.1 Å². The van der Waals surface area contributed by atoms with Crippen molar-refractivity contribution < 1.29 is 19.1 Å². The third-order valence-corrected chi connectivity index (χ3v) is 4.71. The number of carbonyl (C=O) groups is 2. The number of urea groups is 1. The highest BCUT2D eigenvalue weighted by Crippen LogP contribution is 2.15. The van der Waals surface area contributed by atoms with E-state index in [2.05, 4.69) is 10.6 Å². The molecule has 1 unspecified atom stereocenters. The predicted molar refractivity (Wildman–Crippen MR) is 103 cm³/mol. The quantitative estimate of drug-likeness (QED) is 0.685. The number of benzene rings is 2. The maximum atomic E-state index is 13.2. The van der Waals surface area contributed by atoms with Crippen molar-refractivity contribution in [1.29, 1.82) is 0 Å². The summed E-state index contributed by atoms with van der Waals surface area (Å²) in [5.74, 6) is -0.235. The van der Waals surface area contributed by atoms with E-state index < -0.39 is 18.0 Å². The van der Waals surface area contributed by atoms with Gasteiger partial charge in [-0.3, -0.25) is 4.79 Å². The van der Waals surface area contributed by atoms with E-state index in [1.54, 1.807) is 6.07 Å².